The predicted octanol–water partition coefficient (Wildman–Crippen LogP) is 2.99. The van der Waals surface area contributed by atoms with E-state index in [-0.39, 0.29) is 34.0 Å². The molecule has 0 atom stereocenters. The van der Waals surface area contributed by atoms with E-state index in [1.807, 2.05) is 0 Å². The molecule has 0 saturated carbocycles. The summed E-state index contributed by atoms with van der Waals surface area (Å²) in [4.78, 5) is 0. The lowest BCUT2D eigenvalue weighted by atomic mass is 10.1. The fourth-order valence-electron chi connectivity index (χ4n) is 5.55. The van der Waals surface area contributed by atoms with Crippen molar-refractivity contribution in [2.75, 3.05) is 52.4 Å². The maximum absolute atomic E-state index is 2.37. The summed E-state index contributed by atoms with van der Waals surface area (Å²) in [6.45, 7) is 25.7. The van der Waals surface area contributed by atoms with Crippen LogP contribution in [-0.4, -0.2) is 61.3 Å². The number of nitrogens with zero attached hydrogens (tertiary/aromatic N) is 2. The quantitative estimate of drug-likeness (QED) is 0.110. The molecule has 0 aromatic heterocycles. The molecule has 0 aromatic carbocycles. The summed E-state index contributed by atoms with van der Waals surface area (Å²) >= 11 is 0. The van der Waals surface area contributed by atoms with Crippen LogP contribution in [0.4, 0.5) is 0 Å². The van der Waals surface area contributed by atoms with Gasteiger partial charge in [0.2, 0.25) is 0 Å². The van der Waals surface area contributed by atoms with Crippen molar-refractivity contribution in [3.8, 4) is 0 Å². The van der Waals surface area contributed by atoms with Gasteiger partial charge in [0, 0.05) is 0 Å². The minimum Gasteiger partial charge on any atom is -1.00 e. The van der Waals surface area contributed by atoms with Crippen LogP contribution in [-0.2, 0) is 0 Å². The zero-order chi connectivity index (χ0) is 24.0. The fraction of sp³-hybridized carbons (Fsp3) is 1.00. The summed E-state index contributed by atoms with van der Waals surface area (Å²) in [7, 11) is 0. The van der Waals surface area contributed by atoms with E-state index in [1.165, 1.54) is 164 Å². The average Bonchev–Trinajstić information content (AvgIpc) is 2.82. The third-order valence-corrected chi connectivity index (χ3v) is 7.93. The van der Waals surface area contributed by atoms with Gasteiger partial charge in [0.1, 0.15) is 0 Å². The van der Waals surface area contributed by atoms with E-state index < -0.39 is 0 Å². The van der Waals surface area contributed by atoms with E-state index in [1.54, 1.807) is 0 Å². The first-order valence-electron chi connectivity index (χ1n) is 15.3. The second kappa shape index (κ2) is 26.9. The van der Waals surface area contributed by atoms with Crippen LogP contribution in [0.15, 0.2) is 0 Å². The lowest BCUT2D eigenvalue weighted by Gasteiger charge is -2.40. The van der Waals surface area contributed by atoms with Gasteiger partial charge in [-0.1, -0.05) is 80.1 Å². The second-order valence-electron chi connectivity index (χ2n) is 11.0. The maximum atomic E-state index is 2.37. The standard InChI is InChI=1S/C30H66N2.2BrH/c1-7-13-23-31(24-14-8-2,25-15-9-3)29-21-19-20-22-30-32(26-16-10-4,27-17-11-5)28-18-12-6;;/h7-30H2,1-6H3;2*1H/q+2;;/p-2. The van der Waals surface area contributed by atoms with Crippen LogP contribution >= 0.6 is 0 Å². The molecule has 0 fully saturated rings. The summed E-state index contributed by atoms with van der Waals surface area (Å²) in [5.41, 5.74) is 0. The van der Waals surface area contributed by atoms with Gasteiger partial charge in [0.15, 0.2) is 0 Å². The highest BCUT2D eigenvalue weighted by Gasteiger charge is 2.26. The van der Waals surface area contributed by atoms with Crippen molar-refractivity contribution >= 4 is 0 Å². The molecule has 0 N–H and O–H groups in total. The van der Waals surface area contributed by atoms with E-state index in [2.05, 4.69) is 41.5 Å². The highest BCUT2D eigenvalue weighted by molar-refractivity contribution is 4.53. The molecular weight excluding hydrogens is 548 g/mol. The van der Waals surface area contributed by atoms with E-state index in [0.29, 0.717) is 0 Å². The summed E-state index contributed by atoms with van der Waals surface area (Å²) in [5.74, 6) is 0. The zero-order valence-electron chi connectivity index (χ0n) is 24.6. The largest absolute Gasteiger partial charge is 1.00 e. The Hall–Kier alpha value is 0.880. The Morgan fingerprint density at radius 1 is 0.265 bits per heavy atom. The first kappa shape index (κ1) is 39.4. The molecule has 0 amide bonds. The molecule has 0 heterocycles. The number of hydrogen-bond donors (Lipinski definition) is 0. The number of rotatable bonds is 25. The van der Waals surface area contributed by atoms with Gasteiger partial charge in [-0.25, -0.2) is 0 Å². The smallest absolute Gasteiger partial charge is 0.0786 e. The van der Waals surface area contributed by atoms with Crippen molar-refractivity contribution in [3.63, 3.8) is 0 Å². The number of quaternary nitrogens is 2. The van der Waals surface area contributed by atoms with Gasteiger partial charge in [0.25, 0.3) is 0 Å². The molecule has 0 aliphatic heterocycles. The Bertz CT molecular complexity index is 310. The zero-order valence-corrected chi connectivity index (χ0v) is 27.8. The van der Waals surface area contributed by atoms with Gasteiger partial charge in [-0.3, -0.25) is 0 Å². The SMILES string of the molecule is CCCC[N+](CCCC)(CCCC)CCCCCC[N+](CCCC)(CCCC)CCCC.[Br-].[Br-]. The molecule has 0 aliphatic rings. The van der Waals surface area contributed by atoms with Gasteiger partial charge in [-0.2, -0.15) is 0 Å². The van der Waals surface area contributed by atoms with Crippen LogP contribution in [0.3, 0.4) is 0 Å². The number of unbranched alkanes of at least 4 members (excludes halogenated alkanes) is 9. The van der Waals surface area contributed by atoms with Crippen molar-refractivity contribution in [3.05, 3.63) is 0 Å². The molecule has 0 aromatic rings. The van der Waals surface area contributed by atoms with Gasteiger partial charge in [-0.05, 0) is 64.2 Å². The molecule has 0 aliphatic carbocycles. The molecule has 0 unspecified atom stereocenters. The second-order valence-corrected chi connectivity index (χ2v) is 11.0. The van der Waals surface area contributed by atoms with Crippen LogP contribution in [0, 0.1) is 0 Å². The fourth-order valence-corrected chi connectivity index (χ4v) is 5.55. The van der Waals surface area contributed by atoms with Crippen molar-refractivity contribution in [1.82, 2.24) is 0 Å². The number of hydrogen-bond acceptors (Lipinski definition) is 0. The van der Waals surface area contributed by atoms with Gasteiger partial charge in [0.05, 0.1) is 52.4 Å². The molecule has 0 spiro atoms. The van der Waals surface area contributed by atoms with E-state index in [9.17, 15) is 0 Å². The minimum atomic E-state index is 0. The maximum Gasteiger partial charge on any atom is 0.0786 e. The average molecular weight is 615 g/mol. The molecule has 0 saturated heterocycles. The van der Waals surface area contributed by atoms with Crippen molar-refractivity contribution in [1.29, 1.82) is 0 Å². The lowest BCUT2D eigenvalue weighted by molar-refractivity contribution is -0.929. The van der Waals surface area contributed by atoms with Gasteiger partial charge >= 0.3 is 0 Å². The van der Waals surface area contributed by atoms with Crippen LogP contribution in [0.25, 0.3) is 0 Å². The van der Waals surface area contributed by atoms with Crippen molar-refractivity contribution in [2.24, 2.45) is 0 Å². The minimum absolute atomic E-state index is 0. The highest BCUT2D eigenvalue weighted by atomic mass is 79.9. The van der Waals surface area contributed by atoms with Crippen LogP contribution in [0.2, 0.25) is 0 Å². The summed E-state index contributed by atoms with van der Waals surface area (Å²) < 4.78 is 2.86. The molecule has 34 heavy (non-hydrogen) atoms. The monoisotopic (exact) mass is 612 g/mol. The molecule has 0 bridgehead atoms. The van der Waals surface area contributed by atoms with Crippen LogP contribution in [0.5, 0.6) is 0 Å². The van der Waals surface area contributed by atoms with Gasteiger partial charge < -0.3 is 42.9 Å². The molecule has 0 rings (SSSR count). The van der Waals surface area contributed by atoms with Crippen molar-refractivity contribution < 1.29 is 42.9 Å². The normalized spacial score (nSPS) is 11.8. The number of halogens is 2. The Balaban J connectivity index is -0.00000480. The van der Waals surface area contributed by atoms with Crippen LogP contribution < -0.4 is 34.0 Å². The summed E-state index contributed by atoms with van der Waals surface area (Å²) in [6.07, 6.45) is 22.4. The third-order valence-electron chi connectivity index (χ3n) is 7.93. The van der Waals surface area contributed by atoms with Crippen LogP contribution in [0.1, 0.15) is 144 Å². The lowest BCUT2D eigenvalue weighted by Crippen LogP contribution is -3.00. The summed E-state index contributed by atoms with van der Waals surface area (Å²) in [5, 5.41) is 0. The third kappa shape index (κ3) is 19.1. The Labute approximate surface area is 238 Å². The van der Waals surface area contributed by atoms with E-state index in [0.717, 1.165) is 0 Å². The molecule has 210 valence electrons. The topological polar surface area (TPSA) is 0 Å². The molecule has 4 heteroatoms. The highest BCUT2D eigenvalue weighted by Crippen LogP contribution is 2.20. The Kier molecular flexibility index (Phi) is 31.2. The Morgan fingerprint density at radius 2 is 0.441 bits per heavy atom. The first-order chi connectivity index (χ1) is 15.6. The predicted molar refractivity (Wildman–Crippen MR) is 147 cm³/mol. The first-order valence-corrected chi connectivity index (χ1v) is 15.3. The molecule has 0 radical (unpaired) electrons. The van der Waals surface area contributed by atoms with E-state index in [4.69, 9.17) is 0 Å². The molecular formula is C30H66Br2N2. The van der Waals surface area contributed by atoms with Crippen molar-refractivity contribution in [2.45, 2.75) is 144 Å². The van der Waals surface area contributed by atoms with E-state index >= 15 is 0 Å². The Morgan fingerprint density at radius 3 is 0.618 bits per heavy atom. The summed E-state index contributed by atoms with van der Waals surface area (Å²) in [6, 6.07) is 0. The van der Waals surface area contributed by atoms with Gasteiger partial charge in [-0.15, -0.1) is 0 Å². The molecule has 2 nitrogen and oxygen atoms in total.